The molecule has 0 aliphatic carbocycles. The van der Waals surface area contributed by atoms with Crippen LogP contribution in [0.3, 0.4) is 0 Å². The summed E-state index contributed by atoms with van der Waals surface area (Å²) in [6, 6.07) is 3.56. The van der Waals surface area contributed by atoms with Gasteiger partial charge in [-0.3, -0.25) is 9.69 Å². The molecule has 1 saturated heterocycles. The van der Waals surface area contributed by atoms with Crippen LogP contribution in [0.2, 0.25) is 0 Å². The molecule has 0 radical (unpaired) electrons. The van der Waals surface area contributed by atoms with Crippen LogP contribution in [0.15, 0.2) is 26.1 Å². The Labute approximate surface area is 105 Å². The lowest BCUT2D eigenvalue weighted by molar-refractivity contribution is -0.121. The molecule has 0 atom stereocenters. The predicted octanol–water partition coefficient (Wildman–Crippen LogP) is 2.87. The second-order valence-electron chi connectivity index (χ2n) is 2.88. The lowest BCUT2D eigenvalue weighted by Crippen LogP contribution is -2.22. The summed E-state index contributed by atoms with van der Waals surface area (Å²) < 4.78 is 6.48. The van der Waals surface area contributed by atoms with Crippen LogP contribution < -0.4 is 0 Å². The fourth-order valence-electron chi connectivity index (χ4n) is 1.08. The SMILES string of the molecule is CN1C(=O)/C(=C/c2ccc(Br)o2)SC1=S. The number of amides is 1. The van der Waals surface area contributed by atoms with Gasteiger partial charge in [-0.15, -0.1) is 0 Å². The van der Waals surface area contributed by atoms with Crippen LogP contribution in [-0.2, 0) is 4.79 Å². The maximum absolute atomic E-state index is 11.6. The minimum absolute atomic E-state index is 0.0856. The summed E-state index contributed by atoms with van der Waals surface area (Å²) >= 11 is 9.48. The maximum atomic E-state index is 11.6. The Bertz CT molecular complexity index is 466. The largest absolute Gasteiger partial charge is 0.450 e. The van der Waals surface area contributed by atoms with E-state index >= 15 is 0 Å². The van der Waals surface area contributed by atoms with Crippen molar-refractivity contribution in [2.24, 2.45) is 0 Å². The fourth-order valence-corrected chi connectivity index (χ4v) is 2.56. The Kier molecular flexibility index (Phi) is 2.99. The zero-order valence-corrected chi connectivity index (χ0v) is 10.9. The first-order chi connectivity index (χ1) is 7.08. The molecule has 0 spiro atoms. The van der Waals surface area contributed by atoms with E-state index in [0.29, 0.717) is 19.7 Å². The average Bonchev–Trinajstić information content (AvgIpc) is 2.68. The van der Waals surface area contributed by atoms with Crippen molar-refractivity contribution < 1.29 is 9.21 Å². The van der Waals surface area contributed by atoms with Crippen molar-refractivity contribution in [1.29, 1.82) is 0 Å². The number of furan rings is 1. The van der Waals surface area contributed by atoms with Crippen LogP contribution >= 0.6 is 39.9 Å². The first kappa shape index (κ1) is 10.9. The smallest absolute Gasteiger partial charge is 0.266 e. The highest BCUT2D eigenvalue weighted by molar-refractivity contribution is 9.10. The third-order valence-electron chi connectivity index (χ3n) is 1.85. The Balaban J connectivity index is 2.29. The molecule has 0 saturated carbocycles. The van der Waals surface area contributed by atoms with Gasteiger partial charge >= 0.3 is 0 Å². The number of rotatable bonds is 1. The normalized spacial score (nSPS) is 19.3. The third kappa shape index (κ3) is 2.16. The number of thiocarbonyl (C=S) groups is 1. The van der Waals surface area contributed by atoms with Crippen molar-refractivity contribution in [3.8, 4) is 0 Å². The number of likely N-dealkylation sites (N-methyl/N-ethyl adjacent to an activating group) is 1. The van der Waals surface area contributed by atoms with Crippen LogP contribution in [0.25, 0.3) is 6.08 Å². The standard InChI is InChI=1S/C9H6BrNO2S2/c1-11-8(12)6(15-9(11)14)4-5-2-3-7(10)13-5/h2-4H,1H3/b6-4-. The number of carbonyl (C=O) groups is 1. The van der Waals surface area contributed by atoms with Crippen molar-refractivity contribution >= 4 is 56.2 Å². The summed E-state index contributed by atoms with van der Waals surface area (Å²) in [5, 5.41) is 0. The highest BCUT2D eigenvalue weighted by Crippen LogP contribution is 2.31. The molecule has 1 fully saturated rings. The number of halogens is 1. The minimum Gasteiger partial charge on any atom is -0.450 e. The van der Waals surface area contributed by atoms with E-state index in [9.17, 15) is 4.79 Å². The highest BCUT2D eigenvalue weighted by atomic mass is 79.9. The van der Waals surface area contributed by atoms with Crippen LogP contribution in [-0.4, -0.2) is 22.2 Å². The topological polar surface area (TPSA) is 33.5 Å². The number of hydrogen-bond donors (Lipinski definition) is 0. The van der Waals surface area contributed by atoms with Crippen molar-refractivity contribution in [3.05, 3.63) is 27.5 Å². The van der Waals surface area contributed by atoms with E-state index in [-0.39, 0.29) is 5.91 Å². The zero-order valence-electron chi connectivity index (χ0n) is 7.69. The van der Waals surface area contributed by atoms with E-state index in [2.05, 4.69) is 15.9 Å². The molecule has 2 heterocycles. The number of nitrogens with zero attached hydrogens (tertiary/aromatic N) is 1. The molecular weight excluding hydrogens is 298 g/mol. The molecule has 1 amide bonds. The Morgan fingerprint density at radius 1 is 1.60 bits per heavy atom. The van der Waals surface area contributed by atoms with E-state index < -0.39 is 0 Å². The molecule has 0 bridgehead atoms. The average molecular weight is 304 g/mol. The van der Waals surface area contributed by atoms with Gasteiger partial charge in [-0.05, 0) is 28.1 Å². The zero-order chi connectivity index (χ0) is 11.0. The maximum Gasteiger partial charge on any atom is 0.266 e. The summed E-state index contributed by atoms with van der Waals surface area (Å²) in [5.41, 5.74) is 0. The van der Waals surface area contributed by atoms with E-state index in [1.807, 2.05) is 0 Å². The number of hydrogen-bond acceptors (Lipinski definition) is 4. The van der Waals surface area contributed by atoms with Crippen molar-refractivity contribution in [2.45, 2.75) is 0 Å². The molecule has 3 nitrogen and oxygen atoms in total. The Morgan fingerprint density at radius 3 is 2.80 bits per heavy atom. The van der Waals surface area contributed by atoms with Crippen molar-refractivity contribution in [3.63, 3.8) is 0 Å². The molecule has 78 valence electrons. The van der Waals surface area contributed by atoms with Gasteiger partial charge in [-0.1, -0.05) is 24.0 Å². The lowest BCUT2D eigenvalue weighted by atomic mass is 10.4. The van der Waals surface area contributed by atoms with Gasteiger partial charge in [-0.2, -0.15) is 0 Å². The fraction of sp³-hybridized carbons (Fsp3) is 0.111. The number of carbonyl (C=O) groups excluding carboxylic acids is 1. The molecule has 1 aromatic heterocycles. The van der Waals surface area contributed by atoms with E-state index in [1.54, 1.807) is 25.3 Å². The van der Waals surface area contributed by atoms with Gasteiger partial charge in [0.1, 0.15) is 10.1 Å². The van der Waals surface area contributed by atoms with Gasteiger partial charge in [0.2, 0.25) is 0 Å². The van der Waals surface area contributed by atoms with Gasteiger partial charge in [0.15, 0.2) is 4.67 Å². The summed E-state index contributed by atoms with van der Waals surface area (Å²) in [5.74, 6) is 0.549. The van der Waals surface area contributed by atoms with E-state index in [1.165, 1.54) is 16.7 Å². The second kappa shape index (κ2) is 4.11. The molecule has 0 unspecified atom stereocenters. The lowest BCUT2D eigenvalue weighted by Gasteiger charge is -2.03. The monoisotopic (exact) mass is 303 g/mol. The van der Waals surface area contributed by atoms with Gasteiger partial charge in [0, 0.05) is 13.1 Å². The quantitative estimate of drug-likeness (QED) is 0.590. The molecular formula is C9H6BrNO2S2. The van der Waals surface area contributed by atoms with Crippen LogP contribution in [0.5, 0.6) is 0 Å². The van der Waals surface area contributed by atoms with Gasteiger partial charge in [0.25, 0.3) is 5.91 Å². The molecule has 6 heteroatoms. The molecule has 2 rings (SSSR count). The predicted molar refractivity (Wildman–Crippen MR) is 67.3 cm³/mol. The molecule has 1 aliphatic heterocycles. The van der Waals surface area contributed by atoms with Gasteiger partial charge in [-0.25, -0.2) is 0 Å². The first-order valence-electron chi connectivity index (χ1n) is 4.05. The van der Waals surface area contributed by atoms with Gasteiger partial charge < -0.3 is 4.42 Å². The van der Waals surface area contributed by atoms with E-state index in [4.69, 9.17) is 16.6 Å². The number of thioether (sulfide) groups is 1. The molecule has 0 aromatic carbocycles. The molecule has 1 aliphatic rings. The van der Waals surface area contributed by atoms with Crippen molar-refractivity contribution in [2.75, 3.05) is 7.05 Å². The summed E-state index contributed by atoms with van der Waals surface area (Å²) in [7, 11) is 1.66. The minimum atomic E-state index is -0.0856. The van der Waals surface area contributed by atoms with Crippen molar-refractivity contribution in [1.82, 2.24) is 4.90 Å². The van der Waals surface area contributed by atoms with Crippen LogP contribution in [0.1, 0.15) is 5.76 Å². The molecule has 0 N–H and O–H groups in total. The highest BCUT2D eigenvalue weighted by Gasteiger charge is 2.28. The Hall–Kier alpha value is -0.590. The third-order valence-corrected chi connectivity index (χ3v) is 3.76. The first-order valence-corrected chi connectivity index (χ1v) is 6.06. The van der Waals surface area contributed by atoms with E-state index in [0.717, 1.165) is 0 Å². The second-order valence-corrected chi connectivity index (χ2v) is 5.34. The van der Waals surface area contributed by atoms with Crippen LogP contribution in [0.4, 0.5) is 0 Å². The molecule has 15 heavy (non-hydrogen) atoms. The Morgan fingerprint density at radius 2 is 2.33 bits per heavy atom. The summed E-state index contributed by atoms with van der Waals surface area (Å²) in [6.07, 6.45) is 1.69. The summed E-state index contributed by atoms with van der Waals surface area (Å²) in [4.78, 5) is 13.7. The van der Waals surface area contributed by atoms with Crippen LogP contribution in [0, 0.1) is 0 Å². The van der Waals surface area contributed by atoms with Gasteiger partial charge in [0.05, 0.1) is 4.91 Å². The molecule has 1 aromatic rings. The summed E-state index contributed by atoms with van der Waals surface area (Å²) in [6.45, 7) is 0.